The number of carbonyl (C=O) groups excluding carboxylic acids is 1. The Balaban J connectivity index is 1.86. The lowest BCUT2D eigenvalue weighted by Crippen LogP contribution is -2.27. The third-order valence-electron chi connectivity index (χ3n) is 2.87. The first kappa shape index (κ1) is 15.0. The lowest BCUT2D eigenvalue weighted by atomic mass is 10.1. The molecule has 3 nitrogen and oxygen atoms in total. The van der Waals surface area contributed by atoms with Gasteiger partial charge >= 0.3 is 0 Å². The Bertz CT molecular complexity index is 632. The van der Waals surface area contributed by atoms with E-state index in [1.807, 2.05) is 12.1 Å². The van der Waals surface area contributed by atoms with E-state index >= 15 is 0 Å². The van der Waals surface area contributed by atoms with Crippen LogP contribution in [-0.2, 0) is 17.6 Å². The van der Waals surface area contributed by atoms with Gasteiger partial charge < -0.3 is 5.32 Å². The first-order valence-electron chi connectivity index (χ1n) is 6.36. The SMILES string of the molecule is O=C(Cc1cc(F)c(F)cc1F)NCCc1ccccn1. The summed E-state index contributed by atoms with van der Waals surface area (Å²) in [4.78, 5) is 15.7. The summed E-state index contributed by atoms with van der Waals surface area (Å²) in [6, 6.07) is 6.57. The van der Waals surface area contributed by atoms with Gasteiger partial charge in [0.05, 0.1) is 6.42 Å². The fourth-order valence-corrected chi connectivity index (χ4v) is 1.81. The molecule has 1 aromatic heterocycles. The zero-order chi connectivity index (χ0) is 15.2. The van der Waals surface area contributed by atoms with Gasteiger partial charge in [-0.25, -0.2) is 13.2 Å². The molecule has 0 aliphatic heterocycles. The van der Waals surface area contributed by atoms with Gasteiger partial charge in [-0.05, 0) is 18.2 Å². The molecular weight excluding hydrogens is 281 g/mol. The zero-order valence-corrected chi connectivity index (χ0v) is 11.1. The number of hydrogen-bond acceptors (Lipinski definition) is 2. The monoisotopic (exact) mass is 294 g/mol. The molecule has 21 heavy (non-hydrogen) atoms. The molecule has 2 rings (SSSR count). The third kappa shape index (κ3) is 4.30. The maximum atomic E-state index is 13.4. The van der Waals surface area contributed by atoms with Gasteiger partial charge in [0.15, 0.2) is 11.6 Å². The van der Waals surface area contributed by atoms with Gasteiger partial charge in [0.1, 0.15) is 5.82 Å². The standard InChI is InChI=1S/C15H13F3N2O/c16-12-9-14(18)13(17)7-10(12)8-15(21)20-6-4-11-3-1-2-5-19-11/h1-3,5,7,9H,4,6,8H2,(H,20,21). The largest absolute Gasteiger partial charge is 0.355 e. The quantitative estimate of drug-likeness (QED) is 0.860. The molecule has 0 saturated carbocycles. The fourth-order valence-electron chi connectivity index (χ4n) is 1.81. The molecule has 0 aliphatic carbocycles. The van der Waals surface area contributed by atoms with E-state index in [9.17, 15) is 18.0 Å². The Morgan fingerprint density at radius 1 is 1.10 bits per heavy atom. The number of aromatic nitrogens is 1. The van der Waals surface area contributed by atoms with E-state index in [1.54, 1.807) is 12.3 Å². The summed E-state index contributed by atoms with van der Waals surface area (Å²) in [5.74, 6) is -3.84. The van der Waals surface area contributed by atoms with E-state index in [1.165, 1.54) is 0 Å². The van der Waals surface area contributed by atoms with Crippen LogP contribution in [0.3, 0.4) is 0 Å². The Labute approximate surface area is 119 Å². The maximum Gasteiger partial charge on any atom is 0.224 e. The zero-order valence-electron chi connectivity index (χ0n) is 11.1. The van der Waals surface area contributed by atoms with E-state index < -0.39 is 23.4 Å². The molecule has 0 unspecified atom stereocenters. The topological polar surface area (TPSA) is 42.0 Å². The number of nitrogens with one attached hydrogen (secondary N) is 1. The van der Waals surface area contributed by atoms with Crippen LogP contribution < -0.4 is 5.32 Å². The highest BCUT2D eigenvalue weighted by Crippen LogP contribution is 2.14. The molecule has 0 atom stereocenters. The van der Waals surface area contributed by atoms with Crippen molar-refractivity contribution < 1.29 is 18.0 Å². The first-order valence-corrected chi connectivity index (χ1v) is 6.36. The number of benzene rings is 1. The molecule has 110 valence electrons. The van der Waals surface area contributed by atoms with Crippen molar-refractivity contribution in [2.24, 2.45) is 0 Å². The van der Waals surface area contributed by atoms with Crippen molar-refractivity contribution in [2.45, 2.75) is 12.8 Å². The highest BCUT2D eigenvalue weighted by molar-refractivity contribution is 5.78. The second-order valence-electron chi connectivity index (χ2n) is 4.46. The fraction of sp³-hybridized carbons (Fsp3) is 0.200. The van der Waals surface area contributed by atoms with Crippen LogP contribution in [0.25, 0.3) is 0 Å². The molecular formula is C15H13F3N2O. The van der Waals surface area contributed by atoms with Gasteiger partial charge in [0.25, 0.3) is 0 Å². The van der Waals surface area contributed by atoms with Crippen LogP contribution in [0.5, 0.6) is 0 Å². The Kier molecular flexibility index (Phi) is 4.92. The van der Waals surface area contributed by atoms with Crippen LogP contribution in [0.1, 0.15) is 11.3 Å². The summed E-state index contributed by atoms with van der Waals surface area (Å²) in [5, 5.41) is 2.58. The number of carbonyl (C=O) groups is 1. The number of halogens is 3. The first-order chi connectivity index (χ1) is 10.1. The average Bonchev–Trinajstić information content (AvgIpc) is 2.46. The van der Waals surface area contributed by atoms with Crippen molar-refractivity contribution in [1.82, 2.24) is 10.3 Å². The van der Waals surface area contributed by atoms with Crippen LogP contribution in [-0.4, -0.2) is 17.4 Å². The highest BCUT2D eigenvalue weighted by atomic mass is 19.2. The molecule has 6 heteroatoms. The van der Waals surface area contributed by atoms with Crippen LogP contribution in [0.15, 0.2) is 36.5 Å². The number of pyridine rings is 1. The summed E-state index contributed by atoms with van der Waals surface area (Å²) in [7, 11) is 0. The third-order valence-corrected chi connectivity index (χ3v) is 2.87. The van der Waals surface area contributed by atoms with Crippen LogP contribution in [0, 0.1) is 17.5 Å². The van der Waals surface area contributed by atoms with E-state index in [4.69, 9.17) is 0 Å². The summed E-state index contributed by atoms with van der Waals surface area (Å²) in [6.07, 6.45) is 1.84. The van der Waals surface area contributed by atoms with Crippen LogP contribution in [0.4, 0.5) is 13.2 Å². The molecule has 0 spiro atoms. The number of rotatable bonds is 5. The molecule has 0 radical (unpaired) electrons. The van der Waals surface area contributed by atoms with Gasteiger partial charge in [-0.3, -0.25) is 9.78 Å². The maximum absolute atomic E-state index is 13.4. The minimum Gasteiger partial charge on any atom is -0.355 e. The van der Waals surface area contributed by atoms with Crippen molar-refractivity contribution in [3.05, 3.63) is 65.2 Å². The highest BCUT2D eigenvalue weighted by Gasteiger charge is 2.12. The van der Waals surface area contributed by atoms with Crippen molar-refractivity contribution in [1.29, 1.82) is 0 Å². The predicted octanol–water partition coefficient (Wildman–Crippen LogP) is 2.40. The smallest absolute Gasteiger partial charge is 0.224 e. The molecule has 1 aromatic carbocycles. The molecule has 2 aromatic rings. The van der Waals surface area contributed by atoms with E-state index in [2.05, 4.69) is 10.3 Å². The average molecular weight is 294 g/mol. The van der Waals surface area contributed by atoms with Gasteiger partial charge in [-0.1, -0.05) is 6.07 Å². The Morgan fingerprint density at radius 2 is 1.86 bits per heavy atom. The molecule has 0 bridgehead atoms. The lowest BCUT2D eigenvalue weighted by Gasteiger charge is -2.06. The molecule has 1 amide bonds. The van der Waals surface area contributed by atoms with Gasteiger partial charge in [0, 0.05) is 36.5 Å². The minimum atomic E-state index is -1.27. The van der Waals surface area contributed by atoms with Crippen molar-refractivity contribution in [3.8, 4) is 0 Å². The lowest BCUT2D eigenvalue weighted by molar-refractivity contribution is -0.120. The van der Waals surface area contributed by atoms with E-state index in [0.717, 1.165) is 5.69 Å². The van der Waals surface area contributed by atoms with Crippen molar-refractivity contribution >= 4 is 5.91 Å². The van der Waals surface area contributed by atoms with Crippen molar-refractivity contribution in [2.75, 3.05) is 6.54 Å². The Morgan fingerprint density at radius 3 is 2.57 bits per heavy atom. The molecule has 1 N–H and O–H groups in total. The summed E-state index contributed by atoms with van der Waals surface area (Å²) < 4.78 is 39.1. The molecule has 1 heterocycles. The summed E-state index contributed by atoms with van der Waals surface area (Å²) in [5.41, 5.74) is 0.640. The predicted molar refractivity (Wildman–Crippen MR) is 71.0 cm³/mol. The molecule has 0 fully saturated rings. The van der Waals surface area contributed by atoms with Crippen molar-refractivity contribution in [3.63, 3.8) is 0 Å². The van der Waals surface area contributed by atoms with E-state index in [0.29, 0.717) is 25.1 Å². The normalized spacial score (nSPS) is 10.4. The second-order valence-corrected chi connectivity index (χ2v) is 4.46. The number of hydrogen-bond donors (Lipinski definition) is 1. The number of amides is 1. The van der Waals surface area contributed by atoms with Crippen LogP contribution >= 0.6 is 0 Å². The molecule has 0 saturated heterocycles. The summed E-state index contributed by atoms with van der Waals surface area (Å²) in [6.45, 7) is 0.334. The van der Waals surface area contributed by atoms with Crippen LogP contribution in [0.2, 0.25) is 0 Å². The van der Waals surface area contributed by atoms with Gasteiger partial charge in [-0.15, -0.1) is 0 Å². The second kappa shape index (κ2) is 6.88. The van der Waals surface area contributed by atoms with E-state index in [-0.39, 0.29) is 12.0 Å². The summed E-state index contributed by atoms with van der Waals surface area (Å²) >= 11 is 0. The Hall–Kier alpha value is -2.37. The molecule has 0 aliphatic rings. The van der Waals surface area contributed by atoms with Gasteiger partial charge in [0.2, 0.25) is 5.91 Å². The van der Waals surface area contributed by atoms with Gasteiger partial charge in [-0.2, -0.15) is 0 Å². The minimum absolute atomic E-state index is 0.177. The number of nitrogens with zero attached hydrogens (tertiary/aromatic N) is 1.